The molecule has 5 aliphatic heterocycles. The number of benzene rings is 5. The molecule has 5 heterocycles. The second kappa shape index (κ2) is 23.2. The second-order valence-electron chi connectivity index (χ2n) is 19.4. The van der Waals surface area contributed by atoms with Crippen LogP contribution in [0.5, 0.6) is 46.0 Å². The summed E-state index contributed by atoms with van der Waals surface area (Å²) in [5.74, 6) is -13.7. The highest BCUT2D eigenvalue weighted by atomic mass is 35.5. The molecule has 1 unspecified atom stereocenters. The monoisotopic (exact) mass is 1140 g/mol. The normalized spacial score (nSPS) is 22.4. The summed E-state index contributed by atoms with van der Waals surface area (Å²) in [5.41, 5.74) is 10.6. The van der Waals surface area contributed by atoms with E-state index in [2.05, 4.69) is 36.9 Å². The fraction of sp³-hybridized carbons (Fsp3) is 0.283. The number of carboxylic acid groups (broad SMARTS) is 1. The van der Waals surface area contributed by atoms with Gasteiger partial charge in [-0.15, -0.1) is 0 Å². The second-order valence-corrected chi connectivity index (χ2v) is 20.2. The Balaban J connectivity index is 1.39. The smallest absolute Gasteiger partial charge is 0.330 e. The van der Waals surface area contributed by atoms with Gasteiger partial charge < -0.3 is 88.6 Å². The van der Waals surface area contributed by atoms with Gasteiger partial charge in [0.05, 0.1) is 22.5 Å². The van der Waals surface area contributed by atoms with Crippen molar-refractivity contribution in [1.29, 1.82) is 0 Å². The van der Waals surface area contributed by atoms with Crippen molar-refractivity contribution in [1.82, 2.24) is 31.9 Å². The van der Waals surface area contributed by atoms with E-state index in [1.54, 1.807) is 0 Å². The van der Waals surface area contributed by atoms with Crippen LogP contribution in [0.1, 0.15) is 84.8 Å². The number of halogens is 2. The molecule has 0 saturated carbocycles. The number of aliphatic imine (C=N–C) groups is 1. The number of aliphatic carboxylic acids is 1. The standard InChI is InChI=1S/C53H53Cl2N9O16/c1-19(2)10-29(58-3)48(72)63-42-44(69)21-5-8-33(27(54)12-21)79-35-14-23-15-36(46(35)71)80-34-9-6-22(13-28(34)55)45(70)43-52(76)62-41(53(77)78)26-16-24(65)17-32(67)38(26)25-11-20(4-7-31(25)66)40(50(74)64-43)60-47(57)39(23)61-49(73)30(18-37(56)68)59-51(42)75/h4-9,11-17,19,29-30,39-45,58,65-67,69-71H,10,18H2,1-3H3,(H2,56,68)(H2,57,60)(H,59,75)(H,61,73)(H,62,76)(H,63,72)(H,64,74)(H,77,78)/t29-,30?,39-,40-,41+,42-,43+,44-,45-/m1/s1. The number of phenols is 4. The van der Waals surface area contributed by atoms with Crippen LogP contribution in [0.25, 0.3) is 11.1 Å². The SMILES string of the molecule is CN[C@H](CC(C)C)C(=O)N[C@H]1C(=O)NC(CC(N)=O)C(=O)N[C@H]2C(N)=N[C@H]3C(=O)N[C@H](C(=O)N[C@H](C(=O)O)c4cc(O)cc(O)c4-c4cc3ccc4O)[C@H](O)c3ccc(c(Cl)c3)Oc3cc2cc(c3O)Oc2ccc(cc2Cl)[C@H]1O. The summed E-state index contributed by atoms with van der Waals surface area (Å²) in [4.78, 5) is 103. The molecule has 5 aliphatic rings. The molecule has 0 radical (unpaired) electrons. The van der Waals surface area contributed by atoms with E-state index in [9.17, 15) is 64.5 Å². The molecule has 25 nitrogen and oxygen atoms in total. The lowest BCUT2D eigenvalue weighted by Gasteiger charge is -2.30. The van der Waals surface area contributed by atoms with E-state index in [0.717, 1.165) is 48.5 Å². The molecule has 5 aromatic carbocycles. The topological polar surface area (TPSA) is 416 Å². The first-order chi connectivity index (χ1) is 37.8. The number of rotatable bonds is 8. The Morgan fingerprint density at radius 3 is 1.90 bits per heavy atom. The summed E-state index contributed by atoms with van der Waals surface area (Å²) in [5, 5.41) is 94.2. The number of primary amides is 1. The number of amidine groups is 1. The molecule has 0 fully saturated rings. The molecule has 6 amide bonds. The third-order valence-electron chi connectivity index (χ3n) is 13.3. The summed E-state index contributed by atoms with van der Waals surface area (Å²) in [6.45, 7) is 3.70. The third-order valence-corrected chi connectivity index (χ3v) is 13.9. The Bertz CT molecular complexity index is 3400. The molecular formula is C53H53Cl2N9O16. The zero-order valence-electron chi connectivity index (χ0n) is 42.4. The molecule has 10 rings (SSSR count). The molecule has 9 atom stereocenters. The number of ether oxygens (including phenoxy) is 2. The van der Waals surface area contributed by atoms with Crippen LogP contribution >= 0.6 is 23.2 Å². The number of nitrogens with zero attached hydrogens (tertiary/aromatic N) is 1. The van der Waals surface area contributed by atoms with E-state index < -0.39 is 154 Å². The number of carbonyl (C=O) groups is 7. The molecule has 11 bridgehead atoms. The highest BCUT2D eigenvalue weighted by Gasteiger charge is 2.41. The lowest BCUT2D eigenvalue weighted by Crippen LogP contribution is -2.59. The van der Waals surface area contributed by atoms with Crippen molar-refractivity contribution in [3.8, 4) is 57.1 Å². The van der Waals surface area contributed by atoms with Gasteiger partial charge in [-0.05, 0) is 96.2 Å². The number of nitrogens with two attached hydrogens (primary N) is 2. The number of hydrogen-bond donors (Lipinski definition) is 15. The lowest BCUT2D eigenvalue weighted by molar-refractivity contribution is -0.143. The molecule has 0 aromatic heterocycles. The number of fused-ring (bicyclic) bond motifs is 14. The van der Waals surface area contributed by atoms with Crippen molar-refractivity contribution < 1.29 is 78.8 Å². The van der Waals surface area contributed by atoms with E-state index in [0.29, 0.717) is 0 Å². The van der Waals surface area contributed by atoms with E-state index in [-0.39, 0.29) is 61.7 Å². The number of phenolic OH excluding ortho intramolecular Hbond substituents is 4. The van der Waals surface area contributed by atoms with Gasteiger partial charge in [-0.3, -0.25) is 33.8 Å². The van der Waals surface area contributed by atoms with Gasteiger partial charge in [0.25, 0.3) is 0 Å². The number of aliphatic hydroxyl groups excluding tert-OH is 2. The minimum absolute atomic E-state index is 0.0223. The molecule has 5 aromatic rings. The van der Waals surface area contributed by atoms with Crippen LogP contribution < -0.4 is 52.8 Å². The maximum Gasteiger partial charge on any atom is 0.330 e. The van der Waals surface area contributed by atoms with Crippen LogP contribution in [0.4, 0.5) is 0 Å². The lowest BCUT2D eigenvalue weighted by atomic mass is 9.89. The predicted octanol–water partition coefficient (Wildman–Crippen LogP) is 2.64. The fourth-order valence-corrected chi connectivity index (χ4v) is 9.79. The van der Waals surface area contributed by atoms with Crippen molar-refractivity contribution in [2.45, 2.75) is 81.2 Å². The van der Waals surface area contributed by atoms with Crippen LogP contribution in [-0.4, -0.2) is 114 Å². The highest BCUT2D eigenvalue weighted by Crippen LogP contribution is 2.48. The average molecular weight is 1140 g/mol. The Labute approximate surface area is 463 Å². The van der Waals surface area contributed by atoms with E-state index >= 15 is 4.79 Å². The summed E-state index contributed by atoms with van der Waals surface area (Å²) in [7, 11) is 1.51. The first-order valence-electron chi connectivity index (χ1n) is 24.4. The number of aromatic hydroxyl groups is 4. The Kier molecular flexibility index (Phi) is 16.6. The highest BCUT2D eigenvalue weighted by molar-refractivity contribution is 6.32. The third kappa shape index (κ3) is 11.9. The van der Waals surface area contributed by atoms with E-state index in [1.165, 1.54) is 37.4 Å². The van der Waals surface area contributed by atoms with Crippen LogP contribution in [-0.2, 0) is 33.6 Å². The molecule has 0 spiro atoms. The number of carbonyl (C=O) groups excluding carboxylic acids is 6. The summed E-state index contributed by atoms with van der Waals surface area (Å²) >= 11 is 13.5. The largest absolute Gasteiger partial charge is 0.508 e. The number of aliphatic hydroxyl groups is 2. The van der Waals surface area contributed by atoms with Crippen LogP contribution in [0.15, 0.2) is 83.9 Å². The Morgan fingerprint density at radius 2 is 1.32 bits per heavy atom. The zero-order valence-corrected chi connectivity index (χ0v) is 43.9. The molecular weight excluding hydrogens is 1090 g/mol. The van der Waals surface area contributed by atoms with Crippen LogP contribution in [0.2, 0.25) is 10.0 Å². The quantitative estimate of drug-likeness (QED) is 0.106. The van der Waals surface area contributed by atoms with Gasteiger partial charge in [-0.1, -0.05) is 55.2 Å². The molecule has 0 aliphatic carbocycles. The number of hydrogen-bond acceptors (Lipinski definition) is 18. The Hall–Kier alpha value is -8.88. The molecule has 27 heteroatoms. The average Bonchev–Trinajstić information content (AvgIpc) is 3.39. The molecule has 420 valence electrons. The molecule has 0 saturated heterocycles. The minimum Gasteiger partial charge on any atom is -0.508 e. The van der Waals surface area contributed by atoms with Crippen molar-refractivity contribution >= 4 is 70.4 Å². The van der Waals surface area contributed by atoms with Gasteiger partial charge in [0.15, 0.2) is 23.6 Å². The van der Waals surface area contributed by atoms with Gasteiger partial charge in [0, 0.05) is 22.8 Å². The van der Waals surface area contributed by atoms with Gasteiger partial charge in [0.1, 0.15) is 71.0 Å². The predicted molar refractivity (Wildman–Crippen MR) is 284 cm³/mol. The van der Waals surface area contributed by atoms with Crippen molar-refractivity contribution in [2.24, 2.45) is 22.4 Å². The van der Waals surface area contributed by atoms with Crippen molar-refractivity contribution in [2.75, 3.05) is 7.05 Å². The summed E-state index contributed by atoms with van der Waals surface area (Å²) in [6.07, 6.45) is -4.64. The minimum atomic E-state index is -2.15. The van der Waals surface area contributed by atoms with Crippen molar-refractivity contribution in [3.05, 3.63) is 117 Å². The van der Waals surface area contributed by atoms with E-state index in [4.69, 9.17) is 44.1 Å². The van der Waals surface area contributed by atoms with Gasteiger partial charge in [0.2, 0.25) is 41.2 Å². The van der Waals surface area contributed by atoms with E-state index in [1.807, 2.05) is 13.8 Å². The molecule has 17 N–H and O–H groups in total. The number of nitrogens with one attached hydrogen (secondary N) is 6. The number of carboxylic acids is 1. The molecule has 80 heavy (non-hydrogen) atoms. The fourth-order valence-electron chi connectivity index (χ4n) is 9.34. The summed E-state index contributed by atoms with van der Waals surface area (Å²) in [6, 6.07) is 1.64. The maximum absolute atomic E-state index is 15.0. The maximum atomic E-state index is 15.0. The first-order valence-corrected chi connectivity index (χ1v) is 25.2. The van der Waals surface area contributed by atoms with Gasteiger partial charge in [-0.2, -0.15) is 0 Å². The number of amides is 6. The van der Waals surface area contributed by atoms with Gasteiger partial charge in [-0.25, -0.2) is 4.79 Å². The number of likely N-dealkylation sites (N-methyl/N-ethyl adjacent to an activating group) is 1. The van der Waals surface area contributed by atoms with Crippen LogP contribution in [0.3, 0.4) is 0 Å². The zero-order chi connectivity index (χ0) is 58.2. The Morgan fingerprint density at radius 1 is 0.713 bits per heavy atom. The van der Waals surface area contributed by atoms with Crippen molar-refractivity contribution in [3.63, 3.8) is 0 Å². The first kappa shape index (κ1) is 57.3. The summed E-state index contributed by atoms with van der Waals surface area (Å²) < 4.78 is 12.3. The van der Waals surface area contributed by atoms with Gasteiger partial charge >= 0.3 is 5.97 Å². The van der Waals surface area contributed by atoms with Crippen LogP contribution in [0, 0.1) is 5.92 Å².